The van der Waals surface area contributed by atoms with Crippen molar-refractivity contribution in [2.45, 2.75) is 18.9 Å². The van der Waals surface area contributed by atoms with Crippen molar-refractivity contribution < 1.29 is 9.53 Å². The van der Waals surface area contributed by atoms with Crippen LogP contribution in [0.5, 0.6) is 5.75 Å². The molecule has 1 aromatic rings. The minimum atomic E-state index is -0.0942. The fraction of sp³-hybridized carbons (Fsp3) is 0.400. The van der Waals surface area contributed by atoms with Gasteiger partial charge in [0.1, 0.15) is 5.75 Å². The Bertz CT molecular complexity index is 493. The summed E-state index contributed by atoms with van der Waals surface area (Å²) < 4.78 is 5.23. The highest BCUT2D eigenvalue weighted by Gasteiger charge is 2.29. The van der Waals surface area contributed by atoms with E-state index in [2.05, 4.69) is 11.2 Å². The molecule has 0 spiro atoms. The van der Waals surface area contributed by atoms with E-state index < -0.39 is 0 Å². The van der Waals surface area contributed by atoms with Gasteiger partial charge in [0.25, 0.3) is 0 Å². The van der Waals surface area contributed by atoms with E-state index in [1.54, 1.807) is 7.11 Å². The number of nitrogens with zero attached hydrogens (tertiary/aromatic N) is 1. The summed E-state index contributed by atoms with van der Waals surface area (Å²) in [4.78, 5) is 13.9. The molecule has 1 aliphatic heterocycles. The smallest absolute Gasteiger partial charge is 0.318 e. The quantitative estimate of drug-likeness (QED) is 0.844. The van der Waals surface area contributed by atoms with Crippen molar-refractivity contribution in [2.75, 3.05) is 20.2 Å². The summed E-state index contributed by atoms with van der Waals surface area (Å²) in [5.41, 5.74) is 1.10. The van der Waals surface area contributed by atoms with Gasteiger partial charge < -0.3 is 15.0 Å². The SMILES string of the molecule is C#CCNC(=O)N1CCCC1c1cccc(OC)c1. The predicted octanol–water partition coefficient (Wildman–Crippen LogP) is 2.17. The fourth-order valence-electron chi connectivity index (χ4n) is 2.43. The van der Waals surface area contributed by atoms with Gasteiger partial charge in [0.15, 0.2) is 0 Å². The van der Waals surface area contributed by atoms with Crippen molar-refractivity contribution in [3.63, 3.8) is 0 Å². The Morgan fingerprint density at radius 2 is 2.47 bits per heavy atom. The highest BCUT2D eigenvalue weighted by Crippen LogP contribution is 2.33. The van der Waals surface area contributed by atoms with Gasteiger partial charge in [0.2, 0.25) is 0 Å². The number of amides is 2. The summed E-state index contributed by atoms with van der Waals surface area (Å²) in [6, 6.07) is 7.87. The first-order valence-electron chi connectivity index (χ1n) is 6.38. The van der Waals surface area contributed by atoms with E-state index in [9.17, 15) is 4.79 Å². The molecule has 2 rings (SSSR count). The van der Waals surface area contributed by atoms with Crippen LogP contribution in [0, 0.1) is 12.3 Å². The van der Waals surface area contributed by atoms with Gasteiger partial charge in [-0.25, -0.2) is 4.79 Å². The number of urea groups is 1. The van der Waals surface area contributed by atoms with Crippen LogP contribution in [0.15, 0.2) is 24.3 Å². The van der Waals surface area contributed by atoms with Crippen LogP contribution in [0.4, 0.5) is 4.79 Å². The summed E-state index contributed by atoms with van der Waals surface area (Å²) in [5, 5.41) is 2.72. The van der Waals surface area contributed by atoms with Crippen LogP contribution in [0.1, 0.15) is 24.4 Å². The molecule has 1 N–H and O–H groups in total. The maximum absolute atomic E-state index is 12.0. The number of carbonyl (C=O) groups is 1. The van der Waals surface area contributed by atoms with E-state index in [0.29, 0.717) is 0 Å². The summed E-state index contributed by atoms with van der Waals surface area (Å²) in [7, 11) is 1.64. The molecule has 1 aromatic carbocycles. The molecule has 1 saturated heterocycles. The Kier molecular flexibility index (Phi) is 4.30. The predicted molar refractivity (Wildman–Crippen MR) is 73.9 cm³/mol. The number of carbonyl (C=O) groups excluding carboxylic acids is 1. The molecule has 0 bridgehead atoms. The normalized spacial score (nSPS) is 17.9. The fourth-order valence-corrected chi connectivity index (χ4v) is 2.43. The highest BCUT2D eigenvalue weighted by molar-refractivity contribution is 5.75. The number of hydrogen-bond acceptors (Lipinski definition) is 2. The van der Waals surface area contributed by atoms with E-state index >= 15 is 0 Å². The van der Waals surface area contributed by atoms with Crippen molar-refractivity contribution >= 4 is 6.03 Å². The number of hydrogen-bond donors (Lipinski definition) is 1. The maximum atomic E-state index is 12.0. The first-order chi connectivity index (χ1) is 9.26. The Labute approximate surface area is 113 Å². The Morgan fingerprint density at radius 1 is 1.63 bits per heavy atom. The van der Waals surface area contributed by atoms with Gasteiger partial charge in [0.05, 0.1) is 19.7 Å². The molecule has 19 heavy (non-hydrogen) atoms. The Balaban J connectivity index is 2.13. The number of methoxy groups -OCH3 is 1. The van der Waals surface area contributed by atoms with Crippen LogP contribution in [0.25, 0.3) is 0 Å². The minimum absolute atomic E-state index is 0.0942. The molecular formula is C15H18N2O2. The summed E-state index contributed by atoms with van der Waals surface area (Å²) in [5.74, 6) is 3.23. The van der Waals surface area contributed by atoms with Gasteiger partial charge in [-0.1, -0.05) is 18.1 Å². The van der Waals surface area contributed by atoms with Crippen LogP contribution in [0.2, 0.25) is 0 Å². The van der Waals surface area contributed by atoms with E-state index in [1.807, 2.05) is 29.2 Å². The van der Waals surface area contributed by atoms with E-state index in [4.69, 9.17) is 11.2 Å². The second kappa shape index (κ2) is 6.14. The van der Waals surface area contributed by atoms with Crippen LogP contribution in [-0.4, -0.2) is 31.1 Å². The molecule has 0 radical (unpaired) electrons. The van der Waals surface area contributed by atoms with Crippen molar-refractivity contribution in [3.05, 3.63) is 29.8 Å². The van der Waals surface area contributed by atoms with Gasteiger partial charge in [-0.15, -0.1) is 6.42 Å². The lowest BCUT2D eigenvalue weighted by molar-refractivity contribution is 0.194. The topological polar surface area (TPSA) is 41.6 Å². The molecule has 0 aromatic heterocycles. The number of ether oxygens (including phenoxy) is 1. The van der Waals surface area contributed by atoms with Crippen LogP contribution < -0.4 is 10.1 Å². The number of likely N-dealkylation sites (tertiary alicyclic amines) is 1. The van der Waals surface area contributed by atoms with Crippen molar-refractivity contribution in [1.82, 2.24) is 10.2 Å². The minimum Gasteiger partial charge on any atom is -0.497 e. The Hall–Kier alpha value is -2.15. The van der Waals surface area contributed by atoms with E-state index in [1.165, 1.54) is 0 Å². The molecule has 1 unspecified atom stereocenters. The number of rotatable bonds is 3. The maximum Gasteiger partial charge on any atom is 0.318 e. The van der Waals surface area contributed by atoms with E-state index in [-0.39, 0.29) is 18.6 Å². The molecule has 4 heteroatoms. The second-order valence-corrected chi connectivity index (χ2v) is 4.49. The molecular weight excluding hydrogens is 240 g/mol. The first kappa shape index (κ1) is 13.3. The zero-order valence-corrected chi connectivity index (χ0v) is 11.1. The molecule has 100 valence electrons. The Morgan fingerprint density at radius 3 is 3.21 bits per heavy atom. The molecule has 1 atom stereocenters. The standard InChI is InChI=1S/C15H18N2O2/c1-3-9-16-15(18)17-10-5-8-14(17)12-6-4-7-13(11-12)19-2/h1,4,6-7,11,14H,5,8-10H2,2H3,(H,16,18). The zero-order valence-electron chi connectivity index (χ0n) is 11.1. The molecule has 4 nitrogen and oxygen atoms in total. The van der Waals surface area contributed by atoms with Gasteiger partial charge in [-0.3, -0.25) is 0 Å². The van der Waals surface area contributed by atoms with Crippen LogP contribution in [0.3, 0.4) is 0 Å². The number of benzene rings is 1. The first-order valence-corrected chi connectivity index (χ1v) is 6.38. The molecule has 1 aliphatic rings. The lowest BCUT2D eigenvalue weighted by atomic mass is 10.0. The van der Waals surface area contributed by atoms with Gasteiger partial charge in [-0.2, -0.15) is 0 Å². The van der Waals surface area contributed by atoms with Crippen molar-refractivity contribution in [2.24, 2.45) is 0 Å². The summed E-state index contributed by atoms with van der Waals surface area (Å²) >= 11 is 0. The zero-order chi connectivity index (χ0) is 13.7. The van der Waals surface area contributed by atoms with Gasteiger partial charge in [0, 0.05) is 6.54 Å². The average Bonchev–Trinajstić information content (AvgIpc) is 2.94. The third kappa shape index (κ3) is 3.00. The molecule has 2 amide bonds. The molecule has 0 aliphatic carbocycles. The lowest BCUT2D eigenvalue weighted by Crippen LogP contribution is -2.39. The monoisotopic (exact) mass is 258 g/mol. The van der Waals surface area contributed by atoms with E-state index in [0.717, 1.165) is 30.7 Å². The molecule has 1 heterocycles. The third-order valence-corrected chi connectivity index (χ3v) is 3.33. The summed E-state index contributed by atoms with van der Waals surface area (Å²) in [6.45, 7) is 1.03. The second-order valence-electron chi connectivity index (χ2n) is 4.49. The summed E-state index contributed by atoms with van der Waals surface area (Å²) in [6.07, 6.45) is 7.13. The molecule has 0 saturated carbocycles. The number of nitrogens with one attached hydrogen (secondary N) is 1. The lowest BCUT2D eigenvalue weighted by Gasteiger charge is -2.25. The van der Waals surface area contributed by atoms with Gasteiger partial charge in [-0.05, 0) is 30.5 Å². The van der Waals surface area contributed by atoms with Crippen LogP contribution in [-0.2, 0) is 0 Å². The average molecular weight is 258 g/mol. The molecule has 1 fully saturated rings. The largest absolute Gasteiger partial charge is 0.497 e. The van der Waals surface area contributed by atoms with Crippen molar-refractivity contribution in [1.29, 1.82) is 0 Å². The third-order valence-electron chi connectivity index (χ3n) is 3.33. The van der Waals surface area contributed by atoms with Crippen molar-refractivity contribution in [3.8, 4) is 18.1 Å². The highest BCUT2D eigenvalue weighted by atomic mass is 16.5. The van der Waals surface area contributed by atoms with Gasteiger partial charge >= 0.3 is 6.03 Å². The number of terminal acetylenes is 1. The van der Waals surface area contributed by atoms with Crippen LogP contribution >= 0.6 is 0 Å².